The van der Waals surface area contributed by atoms with Crippen LogP contribution in [-0.2, 0) is 9.59 Å². The Balaban J connectivity index is 2.07. The third-order valence-electron chi connectivity index (χ3n) is 3.75. The molecule has 0 heterocycles. The summed E-state index contributed by atoms with van der Waals surface area (Å²) in [7, 11) is 0. The summed E-state index contributed by atoms with van der Waals surface area (Å²) in [6.07, 6.45) is 2.81. The van der Waals surface area contributed by atoms with Gasteiger partial charge in [0.15, 0.2) is 0 Å². The van der Waals surface area contributed by atoms with E-state index in [4.69, 9.17) is 17.3 Å². The number of nitrogens with one attached hydrogen (secondary N) is 1. The number of carbonyl (C=O) groups excluding carboxylic acids is 2. The van der Waals surface area contributed by atoms with Gasteiger partial charge in [0.05, 0.1) is 5.92 Å². The summed E-state index contributed by atoms with van der Waals surface area (Å²) in [5, 5.41) is 2.49. The summed E-state index contributed by atoms with van der Waals surface area (Å²) < 4.78 is 12.6. The molecular formula is C10H14ClFN2O2. The molecule has 90 valence electrons. The summed E-state index contributed by atoms with van der Waals surface area (Å²) in [5.74, 6) is -1.17. The molecule has 2 saturated carbocycles. The normalized spacial score (nSPS) is 38.4. The maximum Gasteiger partial charge on any atom is 0.270 e. The van der Waals surface area contributed by atoms with Crippen LogP contribution in [0.3, 0.4) is 0 Å². The van der Waals surface area contributed by atoms with Crippen LogP contribution in [0.4, 0.5) is 4.39 Å². The molecule has 0 aromatic carbocycles. The Kier molecular flexibility index (Phi) is 3.06. The Morgan fingerprint density at radius 1 is 1.38 bits per heavy atom. The summed E-state index contributed by atoms with van der Waals surface area (Å²) in [5.41, 5.74) is 3.25. The molecular weight excluding hydrogens is 235 g/mol. The number of hydrogen-bond donors (Lipinski definition) is 2. The van der Waals surface area contributed by atoms with Gasteiger partial charge in [0.25, 0.3) is 11.5 Å². The van der Waals surface area contributed by atoms with Crippen molar-refractivity contribution in [3.63, 3.8) is 0 Å². The van der Waals surface area contributed by atoms with Crippen molar-refractivity contribution in [2.45, 2.75) is 30.9 Å². The van der Waals surface area contributed by atoms with E-state index in [0.717, 1.165) is 19.3 Å². The number of hydrogen-bond acceptors (Lipinski definition) is 2. The third-order valence-corrected chi connectivity index (χ3v) is 3.95. The third kappa shape index (κ3) is 1.88. The van der Waals surface area contributed by atoms with Gasteiger partial charge in [-0.2, -0.15) is 0 Å². The lowest BCUT2D eigenvalue weighted by Gasteiger charge is -2.29. The Labute approximate surface area is 97.7 Å². The monoisotopic (exact) mass is 248 g/mol. The molecule has 0 spiro atoms. The molecule has 6 heteroatoms. The molecule has 2 bridgehead atoms. The Morgan fingerprint density at radius 2 is 2.00 bits per heavy atom. The zero-order chi connectivity index (χ0) is 11.9. The molecule has 2 aliphatic rings. The first-order chi connectivity index (χ1) is 7.50. The highest BCUT2D eigenvalue weighted by molar-refractivity contribution is 6.29. The van der Waals surface area contributed by atoms with E-state index >= 15 is 0 Å². The maximum absolute atomic E-state index is 12.6. The lowest BCUT2D eigenvalue weighted by atomic mass is 9.84. The highest BCUT2D eigenvalue weighted by Crippen LogP contribution is 2.48. The van der Waals surface area contributed by atoms with Gasteiger partial charge in [0.2, 0.25) is 5.91 Å². The fourth-order valence-corrected chi connectivity index (χ4v) is 3.20. The van der Waals surface area contributed by atoms with Crippen molar-refractivity contribution in [2.75, 3.05) is 0 Å². The molecule has 2 aliphatic carbocycles. The first-order valence-corrected chi connectivity index (χ1v) is 5.82. The minimum Gasteiger partial charge on any atom is -0.369 e. The average molecular weight is 249 g/mol. The van der Waals surface area contributed by atoms with Crippen molar-refractivity contribution in [2.24, 2.45) is 23.5 Å². The SMILES string of the molecule is NC(=O)C1C2CCC(C2)C1NC(=O)C(F)Cl. The van der Waals surface area contributed by atoms with Crippen molar-refractivity contribution < 1.29 is 14.0 Å². The number of primary amides is 1. The molecule has 2 fully saturated rings. The molecule has 0 aliphatic heterocycles. The van der Waals surface area contributed by atoms with Crippen LogP contribution in [0.2, 0.25) is 0 Å². The highest BCUT2D eigenvalue weighted by atomic mass is 35.5. The van der Waals surface area contributed by atoms with Crippen LogP contribution in [0.5, 0.6) is 0 Å². The predicted octanol–water partition coefficient (Wildman–Crippen LogP) is 0.537. The summed E-state index contributed by atoms with van der Waals surface area (Å²) in [4.78, 5) is 22.5. The van der Waals surface area contributed by atoms with Gasteiger partial charge in [-0.05, 0) is 31.1 Å². The first-order valence-electron chi connectivity index (χ1n) is 5.38. The van der Waals surface area contributed by atoms with Crippen LogP contribution in [-0.4, -0.2) is 23.5 Å². The Bertz CT molecular complexity index is 324. The standard InChI is InChI=1S/C10H14ClFN2O2/c11-8(12)10(16)14-7-5-2-1-4(3-5)6(7)9(13)15/h4-8H,1-3H2,(H2,13,15)(H,14,16). The largest absolute Gasteiger partial charge is 0.369 e. The van der Waals surface area contributed by atoms with Crippen LogP contribution in [0.1, 0.15) is 19.3 Å². The van der Waals surface area contributed by atoms with E-state index < -0.39 is 17.4 Å². The van der Waals surface area contributed by atoms with Gasteiger partial charge in [-0.3, -0.25) is 9.59 Å². The van der Waals surface area contributed by atoms with Crippen molar-refractivity contribution in [1.29, 1.82) is 0 Å². The van der Waals surface area contributed by atoms with E-state index in [-0.39, 0.29) is 23.8 Å². The topological polar surface area (TPSA) is 72.2 Å². The van der Waals surface area contributed by atoms with Gasteiger partial charge >= 0.3 is 0 Å². The molecule has 16 heavy (non-hydrogen) atoms. The molecule has 5 atom stereocenters. The van der Waals surface area contributed by atoms with Gasteiger partial charge in [0, 0.05) is 6.04 Å². The zero-order valence-electron chi connectivity index (χ0n) is 8.66. The van der Waals surface area contributed by atoms with Crippen LogP contribution >= 0.6 is 11.6 Å². The average Bonchev–Trinajstić information content (AvgIpc) is 2.76. The van der Waals surface area contributed by atoms with Crippen molar-refractivity contribution in [3.05, 3.63) is 0 Å². The quantitative estimate of drug-likeness (QED) is 0.716. The maximum atomic E-state index is 12.6. The van der Waals surface area contributed by atoms with Gasteiger partial charge < -0.3 is 11.1 Å². The lowest BCUT2D eigenvalue weighted by Crippen LogP contribution is -2.50. The van der Waals surface area contributed by atoms with Gasteiger partial charge in [-0.25, -0.2) is 4.39 Å². The predicted molar refractivity (Wildman–Crippen MR) is 56.2 cm³/mol. The van der Waals surface area contributed by atoms with E-state index in [1.165, 1.54) is 0 Å². The van der Waals surface area contributed by atoms with E-state index in [1.807, 2.05) is 0 Å². The van der Waals surface area contributed by atoms with Gasteiger partial charge in [0.1, 0.15) is 0 Å². The van der Waals surface area contributed by atoms with Crippen molar-refractivity contribution >= 4 is 23.4 Å². The fraction of sp³-hybridized carbons (Fsp3) is 0.800. The Morgan fingerprint density at radius 3 is 2.56 bits per heavy atom. The fourth-order valence-electron chi connectivity index (χ4n) is 3.14. The number of amides is 2. The lowest BCUT2D eigenvalue weighted by molar-refractivity contribution is -0.127. The van der Waals surface area contributed by atoms with Gasteiger partial charge in [-0.15, -0.1) is 0 Å². The number of carbonyl (C=O) groups is 2. The number of rotatable bonds is 3. The summed E-state index contributed by atoms with van der Waals surface area (Å²) in [6, 6.07) is -0.333. The summed E-state index contributed by atoms with van der Waals surface area (Å²) in [6.45, 7) is 0. The highest BCUT2D eigenvalue weighted by Gasteiger charge is 2.50. The molecule has 0 aromatic rings. The van der Waals surface area contributed by atoms with Gasteiger partial charge in [-0.1, -0.05) is 11.6 Å². The number of nitrogens with two attached hydrogens (primary N) is 1. The number of fused-ring (bicyclic) bond motifs is 2. The second kappa shape index (κ2) is 4.20. The second-order valence-corrected chi connectivity index (χ2v) is 4.98. The minimum atomic E-state index is -2.06. The second-order valence-electron chi connectivity index (χ2n) is 4.60. The molecule has 0 aromatic heterocycles. The molecule has 2 rings (SSSR count). The molecule has 2 amide bonds. The van der Waals surface area contributed by atoms with E-state index in [0.29, 0.717) is 0 Å². The minimum absolute atomic E-state index is 0.237. The Hall–Kier alpha value is -0.840. The van der Waals surface area contributed by atoms with Crippen LogP contribution in [0.25, 0.3) is 0 Å². The van der Waals surface area contributed by atoms with E-state index in [2.05, 4.69) is 5.32 Å². The molecule has 0 saturated heterocycles. The number of alkyl halides is 2. The summed E-state index contributed by atoms with van der Waals surface area (Å²) >= 11 is 5.04. The van der Waals surface area contributed by atoms with Crippen LogP contribution in [0.15, 0.2) is 0 Å². The molecule has 5 unspecified atom stereocenters. The van der Waals surface area contributed by atoms with Crippen LogP contribution in [0, 0.1) is 17.8 Å². The van der Waals surface area contributed by atoms with E-state index in [1.54, 1.807) is 0 Å². The number of halogens is 2. The van der Waals surface area contributed by atoms with Crippen LogP contribution < -0.4 is 11.1 Å². The molecule has 3 N–H and O–H groups in total. The smallest absolute Gasteiger partial charge is 0.270 e. The van der Waals surface area contributed by atoms with Crippen molar-refractivity contribution in [3.8, 4) is 0 Å². The van der Waals surface area contributed by atoms with Crippen molar-refractivity contribution in [1.82, 2.24) is 5.32 Å². The molecule has 4 nitrogen and oxygen atoms in total. The molecule has 0 radical (unpaired) electrons. The van der Waals surface area contributed by atoms with E-state index in [9.17, 15) is 14.0 Å². The zero-order valence-corrected chi connectivity index (χ0v) is 9.41. The first kappa shape index (κ1) is 11.6.